The Hall–Kier alpha value is -3.13. The lowest BCUT2D eigenvalue weighted by Gasteiger charge is -2.32. The van der Waals surface area contributed by atoms with Gasteiger partial charge in [-0.25, -0.2) is 0 Å². The second kappa shape index (κ2) is 9.34. The summed E-state index contributed by atoms with van der Waals surface area (Å²) in [6.07, 6.45) is 1.50. The first-order chi connectivity index (χ1) is 15.0. The van der Waals surface area contributed by atoms with Crippen molar-refractivity contribution in [3.8, 4) is 5.75 Å². The molecule has 0 unspecified atom stereocenters. The largest absolute Gasteiger partial charge is 0.489 e. The molecular weight excluding hydrogens is 414 g/mol. The van der Waals surface area contributed by atoms with Crippen molar-refractivity contribution in [2.75, 3.05) is 13.1 Å². The molecule has 1 N–H and O–H groups in total. The van der Waals surface area contributed by atoms with Crippen LogP contribution in [0.5, 0.6) is 5.75 Å². The van der Waals surface area contributed by atoms with Crippen LogP contribution in [0.2, 0.25) is 0 Å². The van der Waals surface area contributed by atoms with E-state index in [1.54, 1.807) is 24.3 Å². The Kier molecular flexibility index (Phi) is 6.36. The SMILES string of the molecule is Cc1noc(C)c1COc1ccc(C(=O)N2CCC(NC(=O)c3ccsc3)CC2)cc1. The van der Waals surface area contributed by atoms with E-state index in [9.17, 15) is 9.59 Å². The summed E-state index contributed by atoms with van der Waals surface area (Å²) < 4.78 is 11.0. The molecule has 0 aliphatic carbocycles. The van der Waals surface area contributed by atoms with E-state index in [1.165, 1.54) is 11.3 Å². The molecule has 0 spiro atoms. The minimum absolute atomic E-state index is 0.000107. The normalized spacial score (nSPS) is 14.5. The molecule has 2 amide bonds. The molecule has 7 nitrogen and oxygen atoms in total. The van der Waals surface area contributed by atoms with Gasteiger partial charge in [-0.05, 0) is 62.4 Å². The van der Waals surface area contributed by atoms with Crippen LogP contribution in [0.25, 0.3) is 0 Å². The molecule has 162 valence electrons. The molecule has 1 saturated heterocycles. The number of aromatic nitrogens is 1. The Morgan fingerprint density at radius 1 is 1.16 bits per heavy atom. The molecule has 0 atom stereocenters. The lowest BCUT2D eigenvalue weighted by atomic mass is 10.0. The lowest BCUT2D eigenvalue weighted by molar-refractivity contribution is 0.0698. The zero-order chi connectivity index (χ0) is 21.8. The van der Waals surface area contributed by atoms with Gasteiger partial charge in [-0.3, -0.25) is 9.59 Å². The third-order valence-corrected chi connectivity index (χ3v) is 6.25. The highest BCUT2D eigenvalue weighted by Gasteiger charge is 2.25. The zero-order valence-electron chi connectivity index (χ0n) is 17.6. The maximum Gasteiger partial charge on any atom is 0.253 e. The van der Waals surface area contributed by atoms with Crippen molar-refractivity contribution in [2.24, 2.45) is 0 Å². The first-order valence-electron chi connectivity index (χ1n) is 10.3. The van der Waals surface area contributed by atoms with Crippen LogP contribution in [0.4, 0.5) is 0 Å². The number of aryl methyl sites for hydroxylation is 2. The average molecular weight is 440 g/mol. The Morgan fingerprint density at radius 3 is 2.52 bits per heavy atom. The van der Waals surface area contributed by atoms with Gasteiger partial charge in [-0.2, -0.15) is 11.3 Å². The van der Waals surface area contributed by atoms with E-state index >= 15 is 0 Å². The molecule has 0 saturated carbocycles. The molecule has 1 aliphatic rings. The van der Waals surface area contributed by atoms with Crippen molar-refractivity contribution in [3.05, 3.63) is 69.2 Å². The molecule has 31 heavy (non-hydrogen) atoms. The molecule has 3 heterocycles. The maximum atomic E-state index is 12.8. The van der Waals surface area contributed by atoms with Crippen LogP contribution < -0.4 is 10.1 Å². The molecule has 4 rings (SSSR count). The van der Waals surface area contributed by atoms with E-state index in [0.717, 1.165) is 29.9 Å². The number of thiophene rings is 1. The van der Waals surface area contributed by atoms with Gasteiger partial charge in [-0.15, -0.1) is 0 Å². The summed E-state index contributed by atoms with van der Waals surface area (Å²) in [6, 6.07) is 9.10. The van der Waals surface area contributed by atoms with Crippen molar-refractivity contribution in [1.82, 2.24) is 15.4 Å². The number of carbonyl (C=O) groups is 2. The Labute approximate surface area is 185 Å². The summed E-state index contributed by atoms with van der Waals surface area (Å²) in [4.78, 5) is 26.9. The molecular formula is C23H25N3O4S. The summed E-state index contributed by atoms with van der Waals surface area (Å²) in [5.74, 6) is 1.39. The highest BCUT2D eigenvalue weighted by molar-refractivity contribution is 7.08. The Bertz CT molecular complexity index is 1020. The number of hydrogen-bond donors (Lipinski definition) is 1. The van der Waals surface area contributed by atoms with Crippen molar-refractivity contribution in [2.45, 2.75) is 39.3 Å². The van der Waals surface area contributed by atoms with Gasteiger partial charge >= 0.3 is 0 Å². The molecule has 1 aliphatic heterocycles. The first kappa shape index (κ1) is 21.1. The second-order valence-corrected chi connectivity index (χ2v) is 8.45. The van der Waals surface area contributed by atoms with Gasteiger partial charge in [0.25, 0.3) is 11.8 Å². The average Bonchev–Trinajstić information content (AvgIpc) is 3.43. The summed E-state index contributed by atoms with van der Waals surface area (Å²) >= 11 is 1.51. The molecule has 8 heteroatoms. The van der Waals surface area contributed by atoms with Crippen LogP contribution in [0, 0.1) is 13.8 Å². The number of piperidine rings is 1. The van der Waals surface area contributed by atoms with E-state index < -0.39 is 0 Å². The van der Waals surface area contributed by atoms with Crippen LogP contribution in [-0.2, 0) is 6.61 Å². The summed E-state index contributed by atoms with van der Waals surface area (Å²) in [5, 5.41) is 10.7. The quantitative estimate of drug-likeness (QED) is 0.628. The zero-order valence-corrected chi connectivity index (χ0v) is 18.4. The van der Waals surface area contributed by atoms with Crippen molar-refractivity contribution in [1.29, 1.82) is 0 Å². The van der Waals surface area contributed by atoms with Crippen LogP contribution in [0.15, 0.2) is 45.6 Å². The number of nitrogens with one attached hydrogen (secondary N) is 1. The number of hydrogen-bond acceptors (Lipinski definition) is 6. The fraction of sp³-hybridized carbons (Fsp3) is 0.348. The number of ether oxygens (including phenoxy) is 1. The minimum atomic E-state index is -0.0433. The van der Waals surface area contributed by atoms with E-state index in [-0.39, 0.29) is 17.9 Å². The third-order valence-electron chi connectivity index (χ3n) is 5.57. The number of amides is 2. The van der Waals surface area contributed by atoms with Crippen LogP contribution in [-0.4, -0.2) is 41.0 Å². The van der Waals surface area contributed by atoms with Crippen LogP contribution in [0.3, 0.4) is 0 Å². The van der Waals surface area contributed by atoms with Gasteiger partial charge in [0.1, 0.15) is 18.1 Å². The van der Waals surface area contributed by atoms with Gasteiger partial charge in [0, 0.05) is 35.6 Å². The topological polar surface area (TPSA) is 84.7 Å². The van der Waals surface area contributed by atoms with Crippen molar-refractivity contribution >= 4 is 23.2 Å². The van der Waals surface area contributed by atoms with E-state index in [1.807, 2.05) is 35.6 Å². The van der Waals surface area contributed by atoms with Crippen molar-refractivity contribution in [3.63, 3.8) is 0 Å². The van der Waals surface area contributed by atoms with Gasteiger partial charge in [0.2, 0.25) is 0 Å². The van der Waals surface area contributed by atoms with E-state index in [0.29, 0.717) is 36.6 Å². The third kappa shape index (κ3) is 4.96. The van der Waals surface area contributed by atoms with Crippen LogP contribution >= 0.6 is 11.3 Å². The fourth-order valence-electron chi connectivity index (χ4n) is 3.63. The summed E-state index contributed by atoms with van der Waals surface area (Å²) in [6.45, 7) is 5.36. The minimum Gasteiger partial charge on any atom is -0.489 e. The lowest BCUT2D eigenvalue weighted by Crippen LogP contribution is -2.46. The highest BCUT2D eigenvalue weighted by atomic mass is 32.1. The van der Waals surface area contributed by atoms with Gasteiger partial charge < -0.3 is 19.5 Å². The standard InChI is InChI=1S/C23H25N3O4S/c1-15-21(16(2)30-25-15)13-29-20-5-3-17(4-6-20)23(28)26-10-7-19(8-11-26)24-22(27)18-9-12-31-14-18/h3-6,9,12,14,19H,7-8,10-11,13H2,1-2H3,(H,24,27). The van der Waals surface area contributed by atoms with E-state index in [4.69, 9.17) is 9.26 Å². The molecule has 0 radical (unpaired) electrons. The second-order valence-electron chi connectivity index (χ2n) is 7.67. The molecule has 0 bridgehead atoms. The van der Waals surface area contributed by atoms with Gasteiger partial charge in [0.05, 0.1) is 11.3 Å². The van der Waals surface area contributed by atoms with Crippen molar-refractivity contribution < 1.29 is 18.8 Å². The number of rotatable bonds is 6. The smallest absolute Gasteiger partial charge is 0.253 e. The highest BCUT2D eigenvalue weighted by Crippen LogP contribution is 2.20. The molecule has 1 fully saturated rings. The number of benzene rings is 1. The predicted molar refractivity (Wildman–Crippen MR) is 117 cm³/mol. The summed E-state index contributed by atoms with van der Waals surface area (Å²) in [7, 11) is 0. The number of likely N-dealkylation sites (tertiary alicyclic amines) is 1. The number of nitrogens with zero attached hydrogens (tertiary/aromatic N) is 2. The monoisotopic (exact) mass is 439 g/mol. The predicted octanol–water partition coefficient (Wildman–Crippen LogP) is 3.97. The van der Waals surface area contributed by atoms with Gasteiger partial charge in [0.15, 0.2) is 0 Å². The van der Waals surface area contributed by atoms with E-state index in [2.05, 4.69) is 10.5 Å². The molecule has 2 aromatic heterocycles. The number of carbonyl (C=O) groups excluding carboxylic acids is 2. The molecule has 1 aromatic carbocycles. The Morgan fingerprint density at radius 2 is 1.90 bits per heavy atom. The summed E-state index contributed by atoms with van der Waals surface area (Å²) in [5.41, 5.74) is 3.08. The Balaban J connectivity index is 1.27. The molecule has 3 aromatic rings. The first-order valence-corrected chi connectivity index (χ1v) is 11.2. The maximum absolute atomic E-state index is 12.8. The van der Waals surface area contributed by atoms with Crippen LogP contribution in [0.1, 0.15) is 50.6 Å². The fourth-order valence-corrected chi connectivity index (χ4v) is 4.27. The van der Waals surface area contributed by atoms with Gasteiger partial charge in [-0.1, -0.05) is 5.16 Å².